The van der Waals surface area contributed by atoms with Gasteiger partial charge in [0.1, 0.15) is 5.75 Å². The van der Waals surface area contributed by atoms with Crippen LogP contribution in [0, 0.1) is 0 Å². The van der Waals surface area contributed by atoms with Gasteiger partial charge in [-0.15, -0.1) is 0 Å². The van der Waals surface area contributed by atoms with Crippen LogP contribution in [0.2, 0.25) is 0 Å². The molecule has 4 heteroatoms. The first-order valence-corrected chi connectivity index (χ1v) is 5.57. The quantitative estimate of drug-likeness (QED) is 0.634. The third-order valence-corrected chi connectivity index (χ3v) is 2.48. The molecule has 0 aliphatic rings. The molecule has 90 valence electrons. The number of hydrogen-bond acceptors (Lipinski definition) is 4. The molecule has 17 heavy (non-hydrogen) atoms. The smallest absolute Gasteiger partial charge is 0.130 e. The fraction of sp³-hybridized carbons (Fsp3) is 0.308. The van der Waals surface area contributed by atoms with Crippen molar-refractivity contribution < 1.29 is 9.47 Å². The SMILES string of the molecule is COCCCOc1ccnc2cc(N)ccc12. The first-order chi connectivity index (χ1) is 8.31. The van der Waals surface area contributed by atoms with Crippen LogP contribution in [-0.4, -0.2) is 25.3 Å². The van der Waals surface area contributed by atoms with E-state index in [-0.39, 0.29) is 0 Å². The van der Waals surface area contributed by atoms with E-state index < -0.39 is 0 Å². The molecule has 0 fully saturated rings. The highest BCUT2D eigenvalue weighted by Gasteiger charge is 2.03. The molecule has 0 amide bonds. The molecule has 0 aliphatic heterocycles. The minimum atomic E-state index is 0.636. The Labute approximate surface area is 100 Å². The Kier molecular flexibility index (Phi) is 3.77. The fourth-order valence-electron chi connectivity index (χ4n) is 1.65. The van der Waals surface area contributed by atoms with Crippen LogP contribution in [0.25, 0.3) is 10.9 Å². The Morgan fingerprint density at radius 2 is 2.12 bits per heavy atom. The molecule has 0 bridgehead atoms. The standard InChI is InChI=1S/C13H16N2O2/c1-16-7-2-8-17-13-5-6-15-12-9-10(14)3-4-11(12)13/h3-6,9H,2,7-8,14H2,1H3. The van der Waals surface area contributed by atoms with Crippen LogP contribution in [0.1, 0.15) is 6.42 Å². The van der Waals surface area contributed by atoms with Crippen LogP contribution in [0.5, 0.6) is 5.75 Å². The predicted octanol–water partition coefficient (Wildman–Crippen LogP) is 2.23. The van der Waals surface area contributed by atoms with Gasteiger partial charge in [0, 0.05) is 37.4 Å². The average molecular weight is 232 g/mol. The van der Waals surface area contributed by atoms with Gasteiger partial charge in [0.25, 0.3) is 0 Å². The van der Waals surface area contributed by atoms with E-state index in [4.69, 9.17) is 15.2 Å². The van der Waals surface area contributed by atoms with E-state index in [1.165, 1.54) is 0 Å². The lowest BCUT2D eigenvalue weighted by molar-refractivity contribution is 0.172. The summed E-state index contributed by atoms with van der Waals surface area (Å²) in [6.45, 7) is 1.34. The lowest BCUT2D eigenvalue weighted by Gasteiger charge is -2.08. The van der Waals surface area contributed by atoms with Gasteiger partial charge in [0.05, 0.1) is 12.1 Å². The van der Waals surface area contributed by atoms with Crippen LogP contribution < -0.4 is 10.5 Å². The molecule has 1 heterocycles. The molecular weight excluding hydrogens is 216 g/mol. The summed E-state index contributed by atoms with van der Waals surface area (Å²) in [5.74, 6) is 0.839. The van der Waals surface area contributed by atoms with Crippen molar-refractivity contribution >= 4 is 16.6 Å². The molecule has 2 rings (SSSR count). The number of pyridine rings is 1. The maximum Gasteiger partial charge on any atom is 0.130 e. The first-order valence-electron chi connectivity index (χ1n) is 5.57. The van der Waals surface area contributed by atoms with Gasteiger partial charge in [-0.2, -0.15) is 0 Å². The Bertz CT molecular complexity index is 500. The number of fused-ring (bicyclic) bond motifs is 1. The molecule has 0 saturated carbocycles. The lowest BCUT2D eigenvalue weighted by atomic mass is 10.2. The topological polar surface area (TPSA) is 57.4 Å². The van der Waals surface area contributed by atoms with Crippen molar-refractivity contribution in [2.45, 2.75) is 6.42 Å². The van der Waals surface area contributed by atoms with E-state index in [0.717, 1.165) is 23.1 Å². The van der Waals surface area contributed by atoms with Gasteiger partial charge in [0.2, 0.25) is 0 Å². The summed E-state index contributed by atoms with van der Waals surface area (Å²) in [6.07, 6.45) is 2.60. The van der Waals surface area contributed by atoms with E-state index in [1.807, 2.05) is 24.3 Å². The first kappa shape index (κ1) is 11.7. The number of nitrogens with zero attached hydrogens (tertiary/aromatic N) is 1. The Hall–Kier alpha value is -1.81. The van der Waals surface area contributed by atoms with Gasteiger partial charge in [-0.3, -0.25) is 4.98 Å². The maximum absolute atomic E-state index is 5.72. The Morgan fingerprint density at radius 3 is 2.94 bits per heavy atom. The van der Waals surface area contributed by atoms with Crippen LogP contribution in [0.15, 0.2) is 30.5 Å². The maximum atomic E-state index is 5.72. The monoisotopic (exact) mass is 232 g/mol. The highest BCUT2D eigenvalue weighted by molar-refractivity contribution is 5.87. The fourth-order valence-corrected chi connectivity index (χ4v) is 1.65. The number of nitrogens with two attached hydrogens (primary N) is 1. The van der Waals surface area contributed by atoms with E-state index in [1.54, 1.807) is 13.3 Å². The molecule has 1 aromatic heterocycles. The summed E-state index contributed by atoms with van der Waals surface area (Å²) in [5, 5.41) is 0.985. The van der Waals surface area contributed by atoms with Gasteiger partial charge in [-0.1, -0.05) is 0 Å². The van der Waals surface area contributed by atoms with Gasteiger partial charge in [-0.05, 0) is 24.3 Å². The summed E-state index contributed by atoms with van der Waals surface area (Å²) < 4.78 is 10.7. The number of methoxy groups -OCH3 is 1. The number of hydrogen-bond donors (Lipinski definition) is 1. The number of ether oxygens (including phenoxy) is 2. The van der Waals surface area contributed by atoms with E-state index in [2.05, 4.69) is 4.98 Å². The minimum Gasteiger partial charge on any atom is -0.493 e. The largest absolute Gasteiger partial charge is 0.493 e. The number of nitrogen functional groups attached to an aromatic ring is 1. The number of aromatic nitrogens is 1. The van der Waals surface area contributed by atoms with Crippen molar-refractivity contribution in [3.05, 3.63) is 30.5 Å². The summed E-state index contributed by atoms with van der Waals surface area (Å²) in [7, 11) is 1.69. The van der Waals surface area contributed by atoms with Crippen molar-refractivity contribution in [3.63, 3.8) is 0 Å². The van der Waals surface area contributed by atoms with Crippen LogP contribution >= 0.6 is 0 Å². The summed E-state index contributed by atoms with van der Waals surface area (Å²) in [5.41, 5.74) is 7.28. The molecule has 0 aliphatic carbocycles. The second-order valence-electron chi connectivity index (χ2n) is 3.78. The zero-order chi connectivity index (χ0) is 12.1. The zero-order valence-electron chi connectivity index (χ0n) is 9.85. The highest BCUT2D eigenvalue weighted by atomic mass is 16.5. The van der Waals surface area contributed by atoms with Crippen LogP contribution in [-0.2, 0) is 4.74 Å². The van der Waals surface area contributed by atoms with Gasteiger partial charge in [-0.25, -0.2) is 0 Å². The van der Waals surface area contributed by atoms with Gasteiger partial charge < -0.3 is 15.2 Å². The zero-order valence-corrected chi connectivity index (χ0v) is 9.85. The van der Waals surface area contributed by atoms with Crippen molar-refractivity contribution in [2.24, 2.45) is 0 Å². The highest BCUT2D eigenvalue weighted by Crippen LogP contribution is 2.25. The summed E-state index contributed by atoms with van der Waals surface area (Å²) in [6, 6.07) is 7.50. The summed E-state index contributed by atoms with van der Waals surface area (Å²) in [4.78, 5) is 4.26. The molecule has 2 aromatic rings. The second kappa shape index (κ2) is 5.50. The van der Waals surface area contributed by atoms with E-state index in [0.29, 0.717) is 18.9 Å². The second-order valence-corrected chi connectivity index (χ2v) is 3.78. The average Bonchev–Trinajstić information content (AvgIpc) is 2.34. The normalized spacial score (nSPS) is 10.6. The lowest BCUT2D eigenvalue weighted by Crippen LogP contribution is -2.02. The number of anilines is 1. The molecule has 0 unspecified atom stereocenters. The number of benzene rings is 1. The van der Waals surface area contributed by atoms with Crippen molar-refractivity contribution in [1.29, 1.82) is 0 Å². The van der Waals surface area contributed by atoms with E-state index in [9.17, 15) is 0 Å². The summed E-state index contributed by atoms with van der Waals surface area (Å²) >= 11 is 0. The number of rotatable bonds is 5. The van der Waals surface area contributed by atoms with E-state index >= 15 is 0 Å². The van der Waals surface area contributed by atoms with Crippen molar-refractivity contribution in [1.82, 2.24) is 4.98 Å². The minimum absolute atomic E-state index is 0.636. The van der Waals surface area contributed by atoms with Gasteiger partial charge in [0.15, 0.2) is 0 Å². The Morgan fingerprint density at radius 1 is 1.24 bits per heavy atom. The Balaban J connectivity index is 2.16. The van der Waals surface area contributed by atoms with Crippen LogP contribution in [0.4, 0.5) is 5.69 Å². The molecule has 0 radical (unpaired) electrons. The molecule has 4 nitrogen and oxygen atoms in total. The third kappa shape index (κ3) is 2.85. The molecule has 0 atom stereocenters. The molecular formula is C13H16N2O2. The molecule has 0 saturated heterocycles. The molecule has 2 N–H and O–H groups in total. The van der Waals surface area contributed by atoms with Crippen LogP contribution in [0.3, 0.4) is 0 Å². The van der Waals surface area contributed by atoms with Crippen molar-refractivity contribution in [3.8, 4) is 5.75 Å². The van der Waals surface area contributed by atoms with Gasteiger partial charge >= 0.3 is 0 Å². The molecule has 0 spiro atoms. The third-order valence-electron chi connectivity index (χ3n) is 2.48. The molecule has 1 aromatic carbocycles. The predicted molar refractivity (Wildman–Crippen MR) is 68.1 cm³/mol. The van der Waals surface area contributed by atoms with Crippen molar-refractivity contribution in [2.75, 3.05) is 26.1 Å².